The molecule has 1 unspecified atom stereocenters. The fourth-order valence-electron chi connectivity index (χ4n) is 3.36. The molecule has 2 aliphatic rings. The number of benzene rings is 1. The van der Waals surface area contributed by atoms with Crippen molar-refractivity contribution in [2.24, 2.45) is 0 Å². The van der Waals surface area contributed by atoms with Gasteiger partial charge in [0.15, 0.2) is 0 Å². The Hall–Kier alpha value is -3.31. The molecular formula is C20H23N3O8. The number of rotatable bonds is 10. The smallest absolute Gasteiger partial charge is 0.266 e. The van der Waals surface area contributed by atoms with Crippen molar-refractivity contribution in [3.63, 3.8) is 0 Å². The predicted octanol–water partition coefficient (Wildman–Crippen LogP) is -0.754. The van der Waals surface area contributed by atoms with Crippen LogP contribution in [0.4, 0.5) is 0 Å². The number of hydrogen-bond acceptors (Lipinski definition) is 8. The van der Waals surface area contributed by atoms with Gasteiger partial charge in [0.05, 0.1) is 24.3 Å². The Kier molecular flexibility index (Phi) is 7.32. The topological polar surface area (TPSA) is 140 Å². The zero-order valence-corrected chi connectivity index (χ0v) is 17.0. The van der Waals surface area contributed by atoms with Crippen LogP contribution in [-0.2, 0) is 23.9 Å². The molecule has 0 aliphatic carbocycles. The van der Waals surface area contributed by atoms with Crippen LogP contribution in [0.5, 0.6) is 5.75 Å². The van der Waals surface area contributed by atoms with Crippen molar-refractivity contribution in [1.29, 1.82) is 0 Å². The van der Waals surface area contributed by atoms with E-state index in [0.29, 0.717) is 6.54 Å². The summed E-state index contributed by atoms with van der Waals surface area (Å²) in [4.78, 5) is 61.3. The lowest BCUT2D eigenvalue weighted by Crippen LogP contribution is -2.54. The number of ether oxygens (including phenoxy) is 3. The predicted molar refractivity (Wildman–Crippen MR) is 104 cm³/mol. The lowest BCUT2D eigenvalue weighted by molar-refractivity contribution is -0.136. The minimum absolute atomic E-state index is 0.0230. The van der Waals surface area contributed by atoms with Crippen molar-refractivity contribution in [2.45, 2.75) is 18.9 Å². The van der Waals surface area contributed by atoms with Gasteiger partial charge in [-0.1, -0.05) is 6.07 Å². The molecule has 0 aromatic heterocycles. The summed E-state index contributed by atoms with van der Waals surface area (Å²) in [5, 5.41) is 4.76. The molecule has 166 valence electrons. The lowest BCUT2D eigenvalue weighted by atomic mass is 10.0. The molecule has 3 rings (SSSR count). The Morgan fingerprint density at radius 2 is 1.97 bits per heavy atom. The molecule has 1 aromatic carbocycles. The molecule has 31 heavy (non-hydrogen) atoms. The third kappa shape index (κ3) is 5.06. The fourth-order valence-corrected chi connectivity index (χ4v) is 3.36. The molecule has 0 radical (unpaired) electrons. The number of nitrogens with one attached hydrogen (secondary N) is 2. The molecule has 11 heteroatoms. The monoisotopic (exact) mass is 433 g/mol. The van der Waals surface area contributed by atoms with Crippen LogP contribution >= 0.6 is 0 Å². The van der Waals surface area contributed by atoms with Crippen LogP contribution in [0.25, 0.3) is 0 Å². The van der Waals surface area contributed by atoms with Crippen molar-refractivity contribution in [1.82, 2.24) is 15.5 Å². The second kappa shape index (κ2) is 10.1. The molecule has 1 fully saturated rings. The van der Waals surface area contributed by atoms with Crippen LogP contribution in [-0.4, -0.2) is 80.6 Å². The quantitative estimate of drug-likeness (QED) is 0.363. The SMILES string of the molecule is COCC(=O)NCCOCCOc1cccc2c1C(=O)N(C1CCC(=O)NC1=O)C2=O. The van der Waals surface area contributed by atoms with Crippen LogP contribution in [0.1, 0.15) is 33.6 Å². The van der Waals surface area contributed by atoms with Gasteiger partial charge in [0.1, 0.15) is 25.0 Å². The molecule has 11 nitrogen and oxygen atoms in total. The number of imide groups is 2. The Bertz CT molecular complexity index is 900. The molecule has 2 aliphatic heterocycles. The van der Waals surface area contributed by atoms with Crippen LogP contribution in [0.15, 0.2) is 18.2 Å². The molecule has 1 atom stereocenters. The zero-order valence-electron chi connectivity index (χ0n) is 17.0. The first kappa shape index (κ1) is 22.4. The Morgan fingerprint density at radius 1 is 1.16 bits per heavy atom. The van der Waals surface area contributed by atoms with E-state index in [0.717, 1.165) is 4.90 Å². The van der Waals surface area contributed by atoms with Gasteiger partial charge in [-0.3, -0.25) is 34.2 Å². The molecule has 2 N–H and O–H groups in total. The van der Waals surface area contributed by atoms with Crippen LogP contribution in [0, 0.1) is 0 Å². The molecule has 0 spiro atoms. The summed E-state index contributed by atoms with van der Waals surface area (Å²) in [5.41, 5.74) is 0.234. The van der Waals surface area contributed by atoms with E-state index in [2.05, 4.69) is 10.6 Å². The van der Waals surface area contributed by atoms with Crippen molar-refractivity contribution in [2.75, 3.05) is 40.1 Å². The van der Waals surface area contributed by atoms with Crippen molar-refractivity contribution in [3.8, 4) is 5.75 Å². The van der Waals surface area contributed by atoms with Gasteiger partial charge < -0.3 is 19.5 Å². The Morgan fingerprint density at radius 3 is 2.71 bits per heavy atom. The molecule has 0 bridgehead atoms. The van der Waals surface area contributed by atoms with Gasteiger partial charge in [0.2, 0.25) is 17.7 Å². The summed E-state index contributed by atoms with van der Waals surface area (Å²) in [7, 11) is 1.43. The van der Waals surface area contributed by atoms with Crippen molar-refractivity contribution in [3.05, 3.63) is 29.3 Å². The number of carbonyl (C=O) groups excluding carboxylic acids is 5. The standard InChI is InChI=1S/C20H23N3O8/c1-29-11-16(25)21-7-8-30-9-10-31-14-4-2-3-12-17(14)20(28)23(19(12)27)13-5-6-15(24)22-18(13)26/h2-4,13H,5-11H2,1H3,(H,21,25)(H,22,24,26). The first-order chi connectivity index (χ1) is 14.9. The van der Waals surface area contributed by atoms with E-state index in [9.17, 15) is 24.0 Å². The minimum atomic E-state index is -1.03. The first-order valence-electron chi connectivity index (χ1n) is 9.74. The normalized spacial score (nSPS) is 18.1. The minimum Gasteiger partial charge on any atom is -0.490 e. The number of amides is 5. The molecule has 1 aromatic rings. The summed E-state index contributed by atoms with van der Waals surface area (Å²) in [6.45, 7) is 0.874. The van der Waals surface area contributed by atoms with Gasteiger partial charge in [0.25, 0.3) is 11.8 Å². The van der Waals surface area contributed by atoms with E-state index < -0.39 is 29.7 Å². The number of carbonyl (C=O) groups is 5. The molecule has 0 saturated carbocycles. The zero-order chi connectivity index (χ0) is 22.4. The fraction of sp³-hybridized carbons (Fsp3) is 0.450. The van der Waals surface area contributed by atoms with Crippen molar-refractivity contribution < 1.29 is 38.2 Å². The van der Waals surface area contributed by atoms with Gasteiger partial charge in [-0.25, -0.2) is 0 Å². The molecular weight excluding hydrogens is 410 g/mol. The maximum absolute atomic E-state index is 12.9. The van der Waals surface area contributed by atoms with Crippen LogP contribution in [0.3, 0.4) is 0 Å². The van der Waals surface area contributed by atoms with E-state index in [4.69, 9.17) is 14.2 Å². The second-order valence-electron chi connectivity index (χ2n) is 6.87. The summed E-state index contributed by atoms with van der Waals surface area (Å²) < 4.78 is 15.7. The average molecular weight is 433 g/mol. The lowest BCUT2D eigenvalue weighted by Gasteiger charge is -2.27. The number of hydrogen-bond donors (Lipinski definition) is 2. The molecule has 5 amide bonds. The van der Waals surface area contributed by atoms with Gasteiger partial charge in [-0.15, -0.1) is 0 Å². The van der Waals surface area contributed by atoms with Gasteiger partial charge in [0, 0.05) is 20.1 Å². The highest BCUT2D eigenvalue weighted by molar-refractivity contribution is 6.24. The number of fused-ring (bicyclic) bond motifs is 1. The highest BCUT2D eigenvalue weighted by atomic mass is 16.5. The summed E-state index contributed by atoms with van der Waals surface area (Å²) in [6, 6.07) is 3.60. The van der Waals surface area contributed by atoms with E-state index in [1.807, 2.05) is 0 Å². The second-order valence-corrected chi connectivity index (χ2v) is 6.87. The largest absolute Gasteiger partial charge is 0.490 e. The van der Waals surface area contributed by atoms with Crippen molar-refractivity contribution >= 4 is 29.5 Å². The van der Waals surface area contributed by atoms with Gasteiger partial charge in [-0.05, 0) is 18.6 Å². The summed E-state index contributed by atoms with van der Waals surface area (Å²) >= 11 is 0. The van der Waals surface area contributed by atoms with E-state index in [1.165, 1.54) is 13.2 Å². The first-order valence-corrected chi connectivity index (χ1v) is 9.74. The maximum Gasteiger partial charge on any atom is 0.266 e. The highest BCUT2D eigenvalue weighted by Crippen LogP contribution is 2.33. The number of piperidine rings is 1. The Balaban J connectivity index is 1.55. The van der Waals surface area contributed by atoms with E-state index in [-0.39, 0.29) is 62.1 Å². The Labute approximate surface area is 178 Å². The number of methoxy groups -OCH3 is 1. The van der Waals surface area contributed by atoms with E-state index >= 15 is 0 Å². The summed E-state index contributed by atoms with van der Waals surface area (Å²) in [6.07, 6.45) is 0.136. The molecule has 2 heterocycles. The molecule has 1 saturated heterocycles. The number of nitrogens with zero attached hydrogens (tertiary/aromatic N) is 1. The third-order valence-corrected chi connectivity index (χ3v) is 4.76. The third-order valence-electron chi connectivity index (χ3n) is 4.76. The van der Waals surface area contributed by atoms with Crippen LogP contribution < -0.4 is 15.4 Å². The average Bonchev–Trinajstić information content (AvgIpc) is 2.99. The van der Waals surface area contributed by atoms with Crippen LogP contribution in [0.2, 0.25) is 0 Å². The maximum atomic E-state index is 12.9. The highest BCUT2D eigenvalue weighted by Gasteiger charge is 2.45. The van der Waals surface area contributed by atoms with E-state index in [1.54, 1.807) is 12.1 Å². The van der Waals surface area contributed by atoms with Gasteiger partial charge in [-0.2, -0.15) is 0 Å². The summed E-state index contributed by atoms with van der Waals surface area (Å²) in [5.74, 6) is -2.36. The van der Waals surface area contributed by atoms with Gasteiger partial charge >= 0.3 is 0 Å².